The summed E-state index contributed by atoms with van der Waals surface area (Å²) in [4.78, 5) is 0. The van der Waals surface area contributed by atoms with Crippen LogP contribution in [0.1, 0.15) is 12.5 Å². The molecule has 0 aliphatic rings. The number of hydrogen-bond donors (Lipinski definition) is 1. The van der Waals surface area contributed by atoms with E-state index in [2.05, 4.69) is 39.1 Å². The zero-order valence-electron chi connectivity index (χ0n) is 12.6. The van der Waals surface area contributed by atoms with E-state index < -0.39 is 0 Å². The Balaban J connectivity index is 1.83. The minimum atomic E-state index is 0.494. The molecule has 3 aromatic rings. The number of aromatic nitrogens is 3. The molecule has 0 fully saturated rings. The molecule has 6 heteroatoms. The van der Waals surface area contributed by atoms with Crippen LogP contribution in [0, 0.1) is 4.77 Å². The van der Waals surface area contributed by atoms with E-state index in [1.54, 1.807) is 0 Å². The van der Waals surface area contributed by atoms with Gasteiger partial charge in [-0.3, -0.25) is 5.10 Å². The van der Waals surface area contributed by atoms with Crippen molar-refractivity contribution in [3.05, 3.63) is 63.3 Å². The number of benzene rings is 2. The highest BCUT2D eigenvalue weighted by atomic mass is 79.9. The maximum absolute atomic E-state index is 5.87. The van der Waals surface area contributed by atoms with E-state index in [4.69, 9.17) is 17.0 Å². The highest BCUT2D eigenvalue weighted by Crippen LogP contribution is 2.25. The van der Waals surface area contributed by atoms with Gasteiger partial charge in [0.15, 0.2) is 10.6 Å². The summed E-state index contributed by atoms with van der Waals surface area (Å²) in [5, 5.41) is 7.18. The van der Waals surface area contributed by atoms with E-state index in [1.165, 1.54) is 0 Å². The van der Waals surface area contributed by atoms with Gasteiger partial charge in [-0.05, 0) is 58.8 Å². The van der Waals surface area contributed by atoms with Crippen LogP contribution in [0.5, 0.6) is 5.75 Å². The Kier molecular flexibility index (Phi) is 4.93. The van der Waals surface area contributed by atoms with Gasteiger partial charge in [0.2, 0.25) is 0 Å². The molecular formula is C17H16BrN3OS. The van der Waals surface area contributed by atoms with Crippen LogP contribution in [0.2, 0.25) is 0 Å². The van der Waals surface area contributed by atoms with Crippen molar-refractivity contribution in [3.63, 3.8) is 0 Å². The summed E-state index contributed by atoms with van der Waals surface area (Å²) >= 11 is 8.74. The van der Waals surface area contributed by atoms with Crippen molar-refractivity contribution in [2.45, 2.75) is 20.1 Å². The zero-order valence-corrected chi connectivity index (χ0v) is 15.0. The zero-order chi connectivity index (χ0) is 16.2. The number of ether oxygens (including phenoxy) is 1. The highest BCUT2D eigenvalue weighted by Gasteiger charge is 2.08. The van der Waals surface area contributed by atoms with Crippen LogP contribution in [-0.2, 0) is 13.2 Å². The topological polar surface area (TPSA) is 42.8 Å². The minimum absolute atomic E-state index is 0.494. The first-order chi connectivity index (χ1) is 11.2. The van der Waals surface area contributed by atoms with Crippen molar-refractivity contribution in [2.24, 2.45) is 0 Å². The van der Waals surface area contributed by atoms with Gasteiger partial charge < -0.3 is 9.30 Å². The van der Waals surface area contributed by atoms with Crippen LogP contribution < -0.4 is 4.74 Å². The molecular weight excluding hydrogens is 374 g/mol. The molecule has 23 heavy (non-hydrogen) atoms. The molecule has 4 nitrogen and oxygen atoms in total. The Labute approximate surface area is 148 Å². The van der Waals surface area contributed by atoms with Gasteiger partial charge in [-0.1, -0.05) is 30.3 Å². The third-order valence-corrected chi connectivity index (χ3v) is 4.46. The molecule has 0 atom stereocenters. The summed E-state index contributed by atoms with van der Waals surface area (Å²) in [5.41, 5.74) is 2.10. The van der Waals surface area contributed by atoms with E-state index in [1.807, 2.05) is 47.0 Å². The molecule has 0 aliphatic heterocycles. The number of nitrogens with zero attached hydrogens (tertiary/aromatic N) is 2. The smallest absolute Gasteiger partial charge is 0.195 e. The molecule has 0 bridgehead atoms. The Morgan fingerprint density at radius 3 is 2.83 bits per heavy atom. The summed E-state index contributed by atoms with van der Waals surface area (Å²) in [6.07, 6.45) is 0. The first kappa shape index (κ1) is 16.0. The van der Waals surface area contributed by atoms with Gasteiger partial charge in [-0.25, -0.2) is 0 Å². The van der Waals surface area contributed by atoms with Crippen LogP contribution in [0.4, 0.5) is 0 Å². The third-order valence-electron chi connectivity index (χ3n) is 3.49. The number of nitrogens with one attached hydrogen (secondary N) is 1. The molecule has 1 heterocycles. The average molecular weight is 390 g/mol. The van der Waals surface area contributed by atoms with Crippen LogP contribution >= 0.6 is 28.1 Å². The number of halogens is 1. The lowest BCUT2D eigenvalue weighted by Gasteiger charge is -2.09. The summed E-state index contributed by atoms with van der Waals surface area (Å²) in [6.45, 7) is 3.32. The van der Waals surface area contributed by atoms with Crippen molar-refractivity contribution in [1.29, 1.82) is 0 Å². The molecule has 0 unspecified atom stereocenters. The number of para-hydroxylation sites is 1. The predicted molar refractivity (Wildman–Crippen MR) is 97.0 cm³/mol. The summed E-state index contributed by atoms with van der Waals surface area (Å²) in [6, 6.07) is 16.0. The molecule has 1 N–H and O–H groups in total. The number of hydrogen-bond acceptors (Lipinski definition) is 3. The van der Waals surface area contributed by atoms with Gasteiger partial charge >= 0.3 is 0 Å². The lowest BCUT2D eigenvalue weighted by molar-refractivity contribution is 0.304. The Bertz CT molecular complexity index is 872. The maximum atomic E-state index is 5.87. The van der Waals surface area contributed by atoms with Crippen molar-refractivity contribution in [2.75, 3.05) is 0 Å². The van der Waals surface area contributed by atoms with Gasteiger partial charge in [-0.2, -0.15) is 5.10 Å². The minimum Gasteiger partial charge on any atom is -0.488 e. The largest absolute Gasteiger partial charge is 0.488 e. The maximum Gasteiger partial charge on any atom is 0.195 e. The average Bonchev–Trinajstić information content (AvgIpc) is 2.95. The van der Waals surface area contributed by atoms with Gasteiger partial charge in [0.05, 0.1) is 4.47 Å². The molecule has 118 valence electrons. The first-order valence-electron chi connectivity index (χ1n) is 7.31. The van der Waals surface area contributed by atoms with Crippen molar-refractivity contribution < 1.29 is 4.74 Å². The number of H-pyrrole nitrogens is 1. The monoisotopic (exact) mass is 389 g/mol. The van der Waals surface area contributed by atoms with Crippen LogP contribution in [-0.4, -0.2) is 14.8 Å². The van der Waals surface area contributed by atoms with E-state index in [9.17, 15) is 0 Å². The second-order valence-electron chi connectivity index (χ2n) is 5.02. The molecule has 0 saturated heterocycles. The Morgan fingerprint density at radius 2 is 2.04 bits per heavy atom. The SMILES string of the molecule is CCn1c(-c2cccc(COc3ccccc3Br)c2)n[nH]c1=S. The van der Waals surface area contributed by atoms with Crippen molar-refractivity contribution in [1.82, 2.24) is 14.8 Å². The number of rotatable bonds is 5. The lowest BCUT2D eigenvalue weighted by Crippen LogP contribution is -1.99. The normalized spacial score (nSPS) is 10.7. The van der Waals surface area contributed by atoms with Gasteiger partial charge in [0.1, 0.15) is 12.4 Å². The van der Waals surface area contributed by atoms with E-state index in [-0.39, 0.29) is 0 Å². The molecule has 0 amide bonds. The molecule has 0 aliphatic carbocycles. The van der Waals surface area contributed by atoms with Crippen LogP contribution in [0.3, 0.4) is 0 Å². The molecule has 0 spiro atoms. The van der Waals surface area contributed by atoms with E-state index >= 15 is 0 Å². The second-order valence-corrected chi connectivity index (χ2v) is 6.26. The van der Waals surface area contributed by atoms with Gasteiger partial charge in [-0.15, -0.1) is 0 Å². The molecule has 3 rings (SSSR count). The molecule has 0 radical (unpaired) electrons. The summed E-state index contributed by atoms with van der Waals surface area (Å²) < 4.78 is 9.43. The predicted octanol–water partition coefficient (Wildman–Crippen LogP) is 4.97. The second kappa shape index (κ2) is 7.10. The van der Waals surface area contributed by atoms with Crippen LogP contribution in [0.15, 0.2) is 53.0 Å². The van der Waals surface area contributed by atoms with E-state index in [0.717, 1.165) is 33.7 Å². The van der Waals surface area contributed by atoms with Gasteiger partial charge in [0, 0.05) is 12.1 Å². The fraction of sp³-hybridized carbons (Fsp3) is 0.176. The van der Waals surface area contributed by atoms with Crippen molar-refractivity contribution >= 4 is 28.1 Å². The summed E-state index contributed by atoms with van der Waals surface area (Å²) in [5.74, 6) is 1.68. The fourth-order valence-electron chi connectivity index (χ4n) is 2.35. The standard InChI is InChI=1S/C17H16BrN3OS/c1-2-21-16(19-20-17(21)23)13-7-5-6-12(10-13)11-22-15-9-4-3-8-14(15)18/h3-10H,2,11H2,1H3,(H,20,23). The Morgan fingerprint density at radius 1 is 1.22 bits per heavy atom. The van der Waals surface area contributed by atoms with Crippen LogP contribution in [0.25, 0.3) is 11.4 Å². The van der Waals surface area contributed by atoms with E-state index in [0.29, 0.717) is 11.4 Å². The van der Waals surface area contributed by atoms with Crippen molar-refractivity contribution in [3.8, 4) is 17.1 Å². The quantitative estimate of drug-likeness (QED) is 0.626. The first-order valence-corrected chi connectivity index (χ1v) is 8.51. The fourth-order valence-corrected chi connectivity index (χ4v) is 3.01. The van der Waals surface area contributed by atoms with Gasteiger partial charge in [0.25, 0.3) is 0 Å². The molecule has 0 saturated carbocycles. The lowest BCUT2D eigenvalue weighted by atomic mass is 10.1. The molecule has 1 aromatic heterocycles. The molecule has 2 aromatic carbocycles. The number of aromatic amines is 1. The third kappa shape index (κ3) is 3.54. The highest BCUT2D eigenvalue weighted by molar-refractivity contribution is 9.10. The summed E-state index contributed by atoms with van der Waals surface area (Å²) in [7, 11) is 0. The Hall–Kier alpha value is -1.92.